The average molecular weight is 225 g/mol. The Labute approximate surface area is 98.9 Å². The molecule has 1 amide bonds. The molecule has 0 radical (unpaired) electrons. The van der Waals surface area contributed by atoms with E-state index in [2.05, 4.69) is 25.1 Å². The molecule has 16 heavy (non-hydrogen) atoms. The van der Waals surface area contributed by atoms with Crippen molar-refractivity contribution in [3.63, 3.8) is 0 Å². The summed E-state index contributed by atoms with van der Waals surface area (Å²) in [5, 5.41) is 2.80. The Morgan fingerprint density at radius 1 is 1.44 bits per heavy atom. The van der Waals surface area contributed by atoms with E-state index in [0.29, 0.717) is 12.3 Å². The maximum Gasteiger partial charge on any atom is 0.407 e. The fourth-order valence-electron chi connectivity index (χ4n) is 1.38. The molecular formula is C13H23NO2. The van der Waals surface area contributed by atoms with Gasteiger partial charge in [0.2, 0.25) is 0 Å². The Bertz CT molecular complexity index is 258. The van der Waals surface area contributed by atoms with Gasteiger partial charge in [0, 0.05) is 12.5 Å². The van der Waals surface area contributed by atoms with Crippen LogP contribution in [-0.2, 0) is 4.74 Å². The van der Waals surface area contributed by atoms with Gasteiger partial charge in [-0.15, -0.1) is 12.3 Å². The van der Waals surface area contributed by atoms with Crippen LogP contribution in [0, 0.1) is 18.3 Å². The number of hydrogen-bond acceptors (Lipinski definition) is 2. The van der Waals surface area contributed by atoms with Crippen LogP contribution in [0.15, 0.2) is 0 Å². The highest BCUT2D eigenvalue weighted by Gasteiger charge is 2.19. The molecule has 0 fully saturated rings. The number of nitrogens with one attached hydrogen (secondary N) is 1. The molecule has 0 spiro atoms. The van der Waals surface area contributed by atoms with Gasteiger partial charge >= 0.3 is 6.09 Å². The molecule has 0 aliphatic heterocycles. The second kappa shape index (κ2) is 6.42. The third-order valence-corrected chi connectivity index (χ3v) is 1.84. The third-order valence-electron chi connectivity index (χ3n) is 1.84. The summed E-state index contributed by atoms with van der Waals surface area (Å²) in [6.07, 6.45) is 6.27. The van der Waals surface area contributed by atoms with E-state index >= 15 is 0 Å². The van der Waals surface area contributed by atoms with Gasteiger partial charge in [-0.1, -0.05) is 13.8 Å². The highest BCUT2D eigenvalue weighted by molar-refractivity contribution is 5.68. The summed E-state index contributed by atoms with van der Waals surface area (Å²) in [6, 6.07) is -0.000139. The molecule has 0 aromatic heterocycles. The number of rotatable bonds is 4. The van der Waals surface area contributed by atoms with Crippen molar-refractivity contribution in [1.29, 1.82) is 0 Å². The minimum Gasteiger partial charge on any atom is -0.444 e. The van der Waals surface area contributed by atoms with Crippen molar-refractivity contribution in [3.8, 4) is 12.3 Å². The van der Waals surface area contributed by atoms with E-state index in [4.69, 9.17) is 11.2 Å². The van der Waals surface area contributed by atoms with Crippen molar-refractivity contribution in [3.05, 3.63) is 0 Å². The van der Waals surface area contributed by atoms with E-state index in [1.54, 1.807) is 0 Å². The van der Waals surface area contributed by atoms with Crippen molar-refractivity contribution in [1.82, 2.24) is 5.32 Å². The van der Waals surface area contributed by atoms with Gasteiger partial charge < -0.3 is 10.1 Å². The van der Waals surface area contributed by atoms with Crippen molar-refractivity contribution in [2.45, 2.75) is 59.1 Å². The number of ether oxygens (including phenoxy) is 1. The van der Waals surface area contributed by atoms with Crippen LogP contribution in [0.1, 0.15) is 47.5 Å². The average Bonchev–Trinajstić information content (AvgIpc) is 1.98. The molecular weight excluding hydrogens is 202 g/mol. The standard InChI is InChI=1S/C13H23NO2/c1-7-8-11(9-10(2)3)14-12(15)16-13(4,5)6/h1,10-11H,8-9H2,2-6H3,(H,14,15)/t11-/m1/s1. The Hall–Kier alpha value is -1.17. The van der Waals surface area contributed by atoms with Crippen LogP contribution in [0.2, 0.25) is 0 Å². The molecule has 92 valence electrons. The van der Waals surface area contributed by atoms with Crippen LogP contribution < -0.4 is 5.32 Å². The first-order valence-electron chi connectivity index (χ1n) is 5.67. The summed E-state index contributed by atoms with van der Waals surface area (Å²) in [5.41, 5.74) is -0.470. The number of carbonyl (C=O) groups excluding carboxylic acids is 1. The lowest BCUT2D eigenvalue weighted by Crippen LogP contribution is -2.39. The minimum atomic E-state index is -0.470. The number of amides is 1. The number of hydrogen-bond donors (Lipinski definition) is 1. The lowest BCUT2D eigenvalue weighted by molar-refractivity contribution is 0.0500. The zero-order valence-electron chi connectivity index (χ0n) is 11.0. The predicted octanol–water partition coefficient (Wildman–Crippen LogP) is 2.95. The smallest absolute Gasteiger partial charge is 0.407 e. The zero-order chi connectivity index (χ0) is 12.8. The molecule has 0 aliphatic carbocycles. The maximum atomic E-state index is 11.5. The van der Waals surface area contributed by atoms with E-state index in [-0.39, 0.29) is 6.04 Å². The Morgan fingerprint density at radius 3 is 2.38 bits per heavy atom. The van der Waals surface area contributed by atoms with E-state index in [9.17, 15) is 4.79 Å². The van der Waals surface area contributed by atoms with E-state index in [1.165, 1.54) is 0 Å². The van der Waals surface area contributed by atoms with Crippen molar-refractivity contribution < 1.29 is 9.53 Å². The highest BCUT2D eigenvalue weighted by atomic mass is 16.6. The molecule has 0 unspecified atom stereocenters. The second-order valence-electron chi connectivity index (χ2n) is 5.38. The number of terminal acetylenes is 1. The molecule has 0 saturated carbocycles. The zero-order valence-corrected chi connectivity index (χ0v) is 11.0. The highest BCUT2D eigenvalue weighted by Crippen LogP contribution is 2.10. The molecule has 1 N–H and O–H groups in total. The largest absolute Gasteiger partial charge is 0.444 e. The van der Waals surface area contributed by atoms with E-state index < -0.39 is 11.7 Å². The first kappa shape index (κ1) is 14.8. The first-order valence-corrected chi connectivity index (χ1v) is 5.67. The summed E-state index contributed by atoms with van der Waals surface area (Å²) in [7, 11) is 0. The topological polar surface area (TPSA) is 38.3 Å². The Balaban J connectivity index is 4.19. The number of carbonyl (C=O) groups is 1. The van der Waals surface area contributed by atoms with Gasteiger partial charge in [-0.2, -0.15) is 0 Å². The third kappa shape index (κ3) is 8.16. The van der Waals surface area contributed by atoms with Crippen molar-refractivity contribution >= 4 is 6.09 Å². The van der Waals surface area contributed by atoms with Gasteiger partial charge in [0.1, 0.15) is 5.60 Å². The van der Waals surface area contributed by atoms with Gasteiger partial charge in [0.05, 0.1) is 0 Å². The van der Waals surface area contributed by atoms with Gasteiger partial charge in [-0.3, -0.25) is 0 Å². The minimum absolute atomic E-state index is 0.000139. The lowest BCUT2D eigenvalue weighted by atomic mass is 10.0. The molecule has 0 aromatic carbocycles. The predicted molar refractivity (Wildman–Crippen MR) is 66.1 cm³/mol. The van der Waals surface area contributed by atoms with Crippen molar-refractivity contribution in [2.24, 2.45) is 5.92 Å². The van der Waals surface area contributed by atoms with Crippen LogP contribution in [0.25, 0.3) is 0 Å². The molecule has 0 aromatic rings. The van der Waals surface area contributed by atoms with E-state index in [1.807, 2.05) is 20.8 Å². The van der Waals surface area contributed by atoms with Crippen LogP contribution in [0.5, 0.6) is 0 Å². The van der Waals surface area contributed by atoms with Gasteiger partial charge in [-0.25, -0.2) is 4.79 Å². The SMILES string of the molecule is C#CC[C@H](CC(C)C)NC(=O)OC(C)(C)C. The maximum absolute atomic E-state index is 11.5. The number of alkyl carbamates (subject to hydrolysis) is 1. The van der Waals surface area contributed by atoms with Crippen LogP contribution in [-0.4, -0.2) is 17.7 Å². The Morgan fingerprint density at radius 2 is 2.00 bits per heavy atom. The molecule has 0 saturated heterocycles. The fraction of sp³-hybridized carbons (Fsp3) is 0.769. The van der Waals surface area contributed by atoms with Crippen LogP contribution in [0.3, 0.4) is 0 Å². The molecule has 1 atom stereocenters. The van der Waals surface area contributed by atoms with Crippen LogP contribution in [0.4, 0.5) is 4.79 Å². The molecule has 0 bridgehead atoms. The first-order chi connectivity index (χ1) is 7.24. The lowest BCUT2D eigenvalue weighted by Gasteiger charge is -2.23. The second-order valence-corrected chi connectivity index (χ2v) is 5.38. The molecule has 0 heterocycles. The Kier molecular flexibility index (Phi) is 5.95. The van der Waals surface area contributed by atoms with Crippen molar-refractivity contribution in [2.75, 3.05) is 0 Å². The summed E-state index contributed by atoms with van der Waals surface area (Å²) in [6.45, 7) is 9.71. The summed E-state index contributed by atoms with van der Waals surface area (Å²) < 4.78 is 5.18. The quantitative estimate of drug-likeness (QED) is 0.747. The van der Waals surface area contributed by atoms with E-state index in [0.717, 1.165) is 6.42 Å². The summed E-state index contributed by atoms with van der Waals surface area (Å²) in [4.78, 5) is 11.5. The molecule has 0 rings (SSSR count). The summed E-state index contributed by atoms with van der Waals surface area (Å²) in [5.74, 6) is 3.06. The molecule has 3 nitrogen and oxygen atoms in total. The monoisotopic (exact) mass is 225 g/mol. The molecule has 3 heteroatoms. The summed E-state index contributed by atoms with van der Waals surface area (Å²) >= 11 is 0. The van der Waals surface area contributed by atoms with Crippen LogP contribution >= 0.6 is 0 Å². The van der Waals surface area contributed by atoms with Gasteiger partial charge in [0.25, 0.3) is 0 Å². The molecule has 0 aliphatic rings. The van der Waals surface area contributed by atoms with Gasteiger partial charge in [-0.05, 0) is 33.1 Å². The fourth-order valence-corrected chi connectivity index (χ4v) is 1.38. The van der Waals surface area contributed by atoms with Gasteiger partial charge in [0.15, 0.2) is 0 Å². The normalized spacial score (nSPS) is 13.1.